The van der Waals surface area contributed by atoms with E-state index in [1.54, 1.807) is 24.0 Å². The zero-order valence-corrected chi connectivity index (χ0v) is 30.4. The van der Waals surface area contributed by atoms with Crippen LogP contribution in [0.25, 0.3) is 0 Å². The Kier molecular flexibility index (Phi) is 12.3. The molecule has 3 heterocycles. The largest absolute Gasteiger partial charge is 0.455 e. The Bertz CT molecular complexity index is 1540. The summed E-state index contributed by atoms with van der Waals surface area (Å²) in [6.07, 6.45) is 4.39. The molecule has 2 bridgehead atoms. The van der Waals surface area contributed by atoms with Crippen molar-refractivity contribution in [2.75, 3.05) is 19.7 Å². The maximum absolute atomic E-state index is 14.9. The number of allylic oxidation sites excluding steroid dienone is 1. The van der Waals surface area contributed by atoms with Crippen LogP contribution in [-0.2, 0) is 28.7 Å². The van der Waals surface area contributed by atoms with E-state index in [9.17, 15) is 24.3 Å². The lowest BCUT2D eigenvalue weighted by atomic mass is 9.70. The Hall–Kier alpha value is -3.80. The third kappa shape index (κ3) is 7.18. The van der Waals surface area contributed by atoms with Gasteiger partial charge in [0.25, 0.3) is 0 Å². The number of carbonyl (C=O) groups is 4. The molecule has 10 nitrogen and oxygen atoms in total. The van der Waals surface area contributed by atoms with Crippen LogP contribution in [0.5, 0.6) is 0 Å². The number of amides is 3. The number of rotatable bonds is 17. The highest BCUT2D eigenvalue weighted by Gasteiger charge is 2.77. The van der Waals surface area contributed by atoms with Crippen LogP contribution in [0.4, 0.5) is 0 Å². The van der Waals surface area contributed by atoms with E-state index in [0.717, 1.165) is 12.8 Å². The van der Waals surface area contributed by atoms with Gasteiger partial charge in [-0.3, -0.25) is 19.2 Å². The van der Waals surface area contributed by atoms with E-state index in [2.05, 4.69) is 34.4 Å². The molecule has 9 atom stereocenters. The van der Waals surface area contributed by atoms with E-state index in [0.29, 0.717) is 30.5 Å². The second-order valence-corrected chi connectivity index (χ2v) is 14.6. The minimum absolute atomic E-state index is 0.205. The average molecular weight is 751 g/mol. The van der Waals surface area contributed by atoms with Crippen LogP contribution in [0.3, 0.4) is 0 Å². The quantitative estimate of drug-likeness (QED) is 0.132. The molecule has 3 amide bonds. The summed E-state index contributed by atoms with van der Waals surface area (Å²) >= 11 is 3.74. The molecule has 1 unspecified atom stereocenters. The lowest BCUT2D eigenvalue weighted by Gasteiger charge is -2.39. The van der Waals surface area contributed by atoms with Gasteiger partial charge in [-0.15, -0.1) is 13.2 Å². The van der Waals surface area contributed by atoms with Gasteiger partial charge in [0, 0.05) is 24.3 Å². The van der Waals surface area contributed by atoms with Crippen LogP contribution in [0.1, 0.15) is 69.2 Å². The first-order valence-corrected chi connectivity index (χ1v) is 18.4. The number of fused-ring (bicyclic) bond motifs is 1. The number of esters is 1. The Morgan fingerprint density at radius 1 is 1.12 bits per heavy atom. The number of aliphatic hydroxyl groups is 1. The average Bonchev–Trinajstić information content (AvgIpc) is 3.72. The van der Waals surface area contributed by atoms with E-state index in [1.807, 2.05) is 67.6 Å². The van der Waals surface area contributed by atoms with Gasteiger partial charge in [0.15, 0.2) is 0 Å². The van der Waals surface area contributed by atoms with Crippen LogP contribution >= 0.6 is 15.9 Å². The number of carbonyl (C=O) groups excluding carboxylic acids is 4. The van der Waals surface area contributed by atoms with Gasteiger partial charge in [0.1, 0.15) is 17.7 Å². The van der Waals surface area contributed by atoms with Crippen molar-refractivity contribution >= 4 is 39.6 Å². The molecule has 3 saturated heterocycles. The van der Waals surface area contributed by atoms with Gasteiger partial charge in [-0.05, 0) is 37.3 Å². The minimum Gasteiger partial charge on any atom is -0.455 e. The molecule has 11 heteroatoms. The van der Waals surface area contributed by atoms with Crippen LogP contribution in [0.15, 0.2) is 86.0 Å². The van der Waals surface area contributed by atoms with Gasteiger partial charge in [-0.25, -0.2) is 0 Å². The van der Waals surface area contributed by atoms with Crippen molar-refractivity contribution in [3.8, 4) is 0 Å². The number of halogens is 1. The van der Waals surface area contributed by atoms with Crippen molar-refractivity contribution in [3.05, 3.63) is 97.1 Å². The fraction of sp³-hybridized carbons (Fsp3) is 0.487. The van der Waals surface area contributed by atoms with E-state index in [1.165, 1.54) is 4.90 Å². The van der Waals surface area contributed by atoms with Crippen LogP contribution in [0, 0.1) is 11.8 Å². The van der Waals surface area contributed by atoms with Gasteiger partial charge in [-0.2, -0.15) is 0 Å². The number of nitrogens with zero attached hydrogens (tertiary/aromatic N) is 2. The summed E-state index contributed by atoms with van der Waals surface area (Å²) in [6.45, 7) is 11.7. The van der Waals surface area contributed by atoms with Gasteiger partial charge in [0.05, 0.1) is 36.6 Å². The van der Waals surface area contributed by atoms with Gasteiger partial charge >= 0.3 is 5.97 Å². The molecule has 0 saturated carbocycles. The third-order valence-corrected chi connectivity index (χ3v) is 11.0. The molecule has 2 aromatic rings. The highest BCUT2D eigenvalue weighted by Crippen LogP contribution is 2.61. The first kappa shape index (κ1) is 37.5. The van der Waals surface area contributed by atoms with E-state index >= 15 is 0 Å². The summed E-state index contributed by atoms with van der Waals surface area (Å²) in [5, 5.41) is 13.8. The van der Waals surface area contributed by atoms with Gasteiger partial charge < -0.3 is 29.7 Å². The number of aliphatic hydroxyl groups excluding tert-OH is 1. The maximum atomic E-state index is 14.9. The smallest absolute Gasteiger partial charge is 0.313 e. The van der Waals surface area contributed by atoms with Crippen molar-refractivity contribution in [1.82, 2.24) is 15.1 Å². The standard InChI is InChI=1S/C39H48BrN3O7/c1-5-8-20-30(45)41-25(4)33(27-18-14-11-15-19-27)49-38(48)31-32-36(46)43(29(24-44)26-16-12-10-13-17-26)35(39(32)23-28(40)34(31)50-39)37(47)42(21-7-3)22-9-6-2/h5,7,10-19,25,28-29,31-35,44H,1,3,6,8-9,20-24H2,2,4H3,(H,41,45)/t25-,28?,29+,31+,32-,33-,34+,35+,39-/m0/s1. The second-order valence-electron chi connectivity index (χ2n) is 13.4. The number of hydrogen-bond donors (Lipinski definition) is 2. The van der Waals surface area contributed by atoms with Crippen molar-refractivity contribution in [2.24, 2.45) is 11.8 Å². The summed E-state index contributed by atoms with van der Waals surface area (Å²) in [5.74, 6) is -3.69. The number of ether oxygens (including phenoxy) is 2. The van der Waals surface area contributed by atoms with Gasteiger partial charge in [0.2, 0.25) is 17.7 Å². The number of likely N-dealkylation sites (tertiary alicyclic amines) is 1. The molecule has 2 N–H and O–H groups in total. The molecule has 268 valence electrons. The minimum atomic E-state index is -1.35. The van der Waals surface area contributed by atoms with Crippen LogP contribution in [-0.4, -0.2) is 86.9 Å². The fourth-order valence-electron chi connectivity index (χ4n) is 7.89. The molecule has 3 fully saturated rings. The number of alkyl halides is 1. The molecule has 0 radical (unpaired) electrons. The molecule has 1 spiro atoms. The summed E-state index contributed by atoms with van der Waals surface area (Å²) < 4.78 is 13.0. The summed E-state index contributed by atoms with van der Waals surface area (Å²) in [5.41, 5.74) is -0.00735. The lowest BCUT2D eigenvalue weighted by Crippen LogP contribution is -2.57. The number of benzene rings is 2. The normalized spacial score (nSPS) is 26.8. The first-order valence-electron chi connectivity index (χ1n) is 17.5. The zero-order valence-electron chi connectivity index (χ0n) is 28.8. The molecular weight excluding hydrogens is 702 g/mol. The monoisotopic (exact) mass is 749 g/mol. The van der Waals surface area contributed by atoms with E-state index in [4.69, 9.17) is 9.47 Å². The Balaban J connectivity index is 1.54. The lowest BCUT2D eigenvalue weighted by molar-refractivity contribution is -0.162. The highest BCUT2D eigenvalue weighted by atomic mass is 79.9. The predicted octanol–water partition coefficient (Wildman–Crippen LogP) is 5.04. The summed E-state index contributed by atoms with van der Waals surface area (Å²) in [6, 6.07) is 15.7. The molecule has 50 heavy (non-hydrogen) atoms. The Labute approximate surface area is 303 Å². The Morgan fingerprint density at radius 3 is 2.38 bits per heavy atom. The molecule has 3 aliphatic heterocycles. The fourth-order valence-corrected chi connectivity index (χ4v) is 8.83. The highest BCUT2D eigenvalue weighted by molar-refractivity contribution is 9.09. The molecule has 0 aliphatic carbocycles. The predicted molar refractivity (Wildman–Crippen MR) is 193 cm³/mol. The summed E-state index contributed by atoms with van der Waals surface area (Å²) in [4.78, 5) is 59.6. The first-order chi connectivity index (χ1) is 24.1. The van der Waals surface area contributed by atoms with E-state index in [-0.39, 0.29) is 29.6 Å². The SMILES string of the molecule is C=CCCC(=O)N[C@@H](C)[C@H](OC(=O)[C@H]1[C@@H]2O[C@@]3(CC2Br)[C@@H]1C(=O)N([C@H](CO)c1ccccc1)[C@@H]3C(=O)N(CC=C)CCCC)c1ccccc1. The second kappa shape index (κ2) is 16.5. The van der Waals surface area contributed by atoms with Crippen molar-refractivity contribution in [2.45, 2.75) is 86.7 Å². The van der Waals surface area contributed by atoms with Gasteiger partial charge in [-0.1, -0.05) is 102 Å². The van der Waals surface area contributed by atoms with Crippen LogP contribution < -0.4 is 5.32 Å². The summed E-state index contributed by atoms with van der Waals surface area (Å²) in [7, 11) is 0. The molecule has 2 aromatic carbocycles. The molecule has 3 aliphatic rings. The van der Waals surface area contributed by atoms with Crippen LogP contribution in [0.2, 0.25) is 0 Å². The Morgan fingerprint density at radius 2 is 1.78 bits per heavy atom. The molecular formula is C39H48BrN3O7. The maximum Gasteiger partial charge on any atom is 0.313 e. The number of unbranched alkanes of at least 4 members (excludes halogenated alkanes) is 1. The van der Waals surface area contributed by atoms with Crippen molar-refractivity contribution < 1.29 is 33.8 Å². The van der Waals surface area contributed by atoms with Crippen molar-refractivity contribution in [3.63, 3.8) is 0 Å². The van der Waals surface area contributed by atoms with Crippen molar-refractivity contribution in [1.29, 1.82) is 0 Å². The number of nitrogens with one attached hydrogen (secondary N) is 1. The third-order valence-electron chi connectivity index (χ3n) is 10.2. The molecule has 5 rings (SSSR count). The molecule has 0 aromatic heterocycles. The zero-order chi connectivity index (χ0) is 36.0. The van der Waals surface area contributed by atoms with E-state index < -0.39 is 66.3 Å². The number of hydrogen-bond acceptors (Lipinski definition) is 7. The topological polar surface area (TPSA) is 125 Å².